The van der Waals surface area contributed by atoms with Crippen molar-refractivity contribution >= 4 is 34.9 Å². The number of nitrogens with zero attached hydrogens (tertiary/aromatic N) is 2. The highest BCUT2D eigenvalue weighted by molar-refractivity contribution is 7.80. The molecule has 192 valence electrons. The Labute approximate surface area is 225 Å². The van der Waals surface area contributed by atoms with Gasteiger partial charge in [-0.1, -0.05) is 36.4 Å². The number of anilines is 1. The average molecular weight is 527 g/mol. The molecule has 1 aliphatic heterocycles. The normalized spacial score (nSPS) is 16.8. The van der Waals surface area contributed by atoms with Gasteiger partial charge in [-0.15, -0.1) is 0 Å². The molecule has 2 aromatic carbocycles. The highest BCUT2D eigenvalue weighted by Crippen LogP contribution is 2.40. The standard InChI is InChI=1S/C29H26N4O4S/c1-18-6-2-3-7-21(18)31-25(34)15-17-33-27(26(32-29(33)38)22-8-4-5-16-30-22)24-14-13-23(37-24)19-9-11-20(12-10-19)28(35)36/h2-14,16,26-27H,15,17H2,1H3,(H,31,34)(H,32,38)(H,35,36)/t26-,27-/m1/s1. The monoisotopic (exact) mass is 526 g/mol. The van der Waals surface area contributed by atoms with Crippen LogP contribution in [0.15, 0.2) is 89.5 Å². The summed E-state index contributed by atoms with van der Waals surface area (Å²) in [4.78, 5) is 30.5. The van der Waals surface area contributed by atoms with Crippen LogP contribution in [0.4, 0.5) is 5.69 Å². The Morgan fingerprint density at radius 2 is 1.82 bits per heavy atom. The summed E-state index contributed by atoms with van der Waals surface area (Å²) in [5.74, 6) is 0.166. The lowest BCUT2D eigenvalue weighted by atomic mass is 10.0. The van der Waals surface area contributed by atoms with Gasteiger partial charge < -0.3 is 25.1 Å². The molecule has 0 radical (unpaired) electrons. The van der Waals surface area contributed by atoms with Crippen LogP contribution in [0.5, 0.6) is 0 Å². The zero-order valence-corrected chi connectivity index (χ0v) is 21.4. The fourth-order valence-corrected chi connectivity index (χ4v) is 4.88. The summed E-state index contributed by atoms with van der Waals surface area (Å²) >= 11 is 5.69. The van der Waals surface area contributed by atoms with Crippen molar-refractivity contribution in [1.82, 2.24) is 15.2 Å². The zero-order valence-electron chi connectivity index (χ0n) is 20.6. The molecule has 3 N–H and O–H groups in total. The number of carboxylic acids is 1. The van der Waals surface area contributed by atoms with Crippen LogP contribution >= 0.6 is 12.2 Å². The van der Waals surface area contributed by atoms with Crippen molar-refractivity contribution in [3.05, 3.63) is 108 Å². The predicted octanol–water partition coefficient (Wildman–Crippen LogP) is 5.35. The molecule has 38 heavy (non-hydrogen) atoms. The zero-order chi connectivity index (χ0) is 26.6. The van der Waals surface area contributed by atoms with E-state index in [4.69, 9.17) is 16.6 Å². The number of thiocarbonyl (C=S) groups is 1. The number of nitrogens with one attached hydrogen (secondary N) is 2. The van der Waals surface area contributed by atoms with E-state index in [1.807, 2.05) is 66.4 Å². The number of hydrogen-bond acceptors (Lipinski definition) is 5. The van der Waals surface area contributed by atoms with Gasteiger partial charge in [0.05, 0.1) is 17.3 Å². The van der Waals surface area contributed by atoms with Crippen LogP contribution in [-0.4, -0.2) is 38.5 Å². The van der Waals surface area contributed by atoms with Crippen LogP contribution in [-0.2, 0) is 4.79 Å². The molecule has 0 bridgehead atoms. The number of para-hydroxylation sites is 1. The number of aromatic nitrogens is 1. The lowest BCUT2D eigenvalue weighted by Gasteiger charge is -2.26. The average Bonchev–Trinajstić information content (AvgIpc) is 3.54. The van der Waals surface area contributed by atoms with Crippen LogP contribution in [0.25, 0.3) is 11.3 Å². The Kier molecular flexibility index (Phi) is 7.19. The fraction of sp³-hybridized carbons (Fsp3) is 0.172. The second-order valence-electron chi connectivity index (χ2n) is 9.02. The third kappa shape index (κ3) is 5.28. The molecule has 1 saturated heterocycles. The highest BCUT2D eigenvalue weighted by Gasteiger charge is 2.41. The molecule has 2 atom stereocenters. The Hall–Kier alpha value is -4.50. The Morgan fingerprint density at radius 3 is 2.53 bits per heavy atom. The van der Waals surface area contributed by atoms with Gasteiger partial charge in [0, 0.05) is 30.4 Å². The van der Waals surface area contributed by atoms with E-state index in [2.05, 4.69) is 15.6 Å². The molecule has 8 nitrogen and oxygen atoms in total. The number of rotatable bonds is 8. The van der Waals surface area contributed by atoms with E-state index in [0.29, 0.717) is 23.2 Å². The third-order valence-corrected chi connectivity index (χ3v) is 6.88. The molecule has 4 aromatic rings. The number of carboxylic acid groups (broad SMARTS) is 1. The second-order valence-corrected chi connectivity index (χ2v) is 9.40. The van der Waals surface area contributed by atoms with Gasteiger partial charge in [-0.25, -0.2) is 4.79 Å². The SMILES string of the molecule is Cc1ccccc1NC(=O)CCN1C(=S)N[C@H](c2ccccn2)[C@H]1c1ccc(-c2ccc(C(=O)O)cc2)o1. The number of carbonyl (C=O) groups is 2. The summed E-state index contributed by atoms with van der Waals surface area (Å²) in [7, 11) is 0. The topological polar surface area (TPSA) is 108 Å². The van der Waals surface area contributed by atoms with Crippen LogP contribution in [0.3, 0.4) is 0 Å². The van der Waals surface area contributed by atoms with Crippen molar-refractivity contribution in [2.24, 2.45) is 0 Å². The van der Waals surface area contributed by atoms with Crippen molar-refractivity contribution in [2.45, 2.75) is 25.4 Å². The lowest BCUT2D eigenvalue weighted by molar-refractivity contribution is -0.116. The molecule has 5 rings (SSSR count). The number of aromatic carboxylic acids is 1. The van der Waals surface area contributed by atoms with E-state index in [9.17, 15) is 14.7 Å². The summed E-state index contributed by atoms with van der Waals surface area (Å²) in [6.07, 6.45) is 1.96. The molecule has 1 aliphatic rings. The van der Waals surface area contributed by atoms with Crippen molar-refractivity contribution in [2.75, 3.05) is 11.9 Å². The highest BCUT2D eigenvalue weighted by atomic mass is 32.1. The first-order valence-corrected chi connectivity index (χ1v) is 12.6. The number of furan rings is 1. The molecule has 9 heteroatoms. The van der Waals surface area contributed by atoms with Crippen molar-refractivity contribution in [1.29, 1.82) is 0 Å². The van der Waals surface area contributed by atoms with E-state index < -0.39 is 5.97 Å². The van der Waals surface area contributed by atoms with E-state index in [1.54, 1.807) is 30.5 Å². The molecule has 1 amide bonds. The largest absolute Gasteiger partial charge is 0.478 e. The van der Waals surface area contributed by atoms with Crippen molar-refractivity contribution in [3.63, 3.8) is 0 Å². The molecule has 2 aromatic heterocycles. The van der Waals surface area contributed by atoms with Gasteiger partial charge in [0.15, 0.2) is 5.11 Å². The lowest BCUT2D eigenvalue weighted by Crippen LogP contribution is -2.32. The number of carbonyl (C=O) groups excluding carboxylic acids is 1. The van der Waals surface area contributed by atoms with Gasteiger partial charge in [0.2, 0.25) is 5.91 Å². The van der Waals surface area contributed by atoms with Crippen LogP contribution in [0.1, 0.15) is 45.9 Å². The Morgan fingerprint density at radius 1 is 1.05 bits per heavy atom. The molecular formula is C29H26N4O4S. The van der Waals surface area contributed by atoms with Gasteiger partial charge in [-0.2, -0.15) is 0 Å². The van der Waals surface area contributed by atoms with E-state index in [1.165, 1.54) is 0 Å². The first-order chi connectivity index (χ1) is 18.4. The first kappa shape index (κ1) is 25.2. The molecule has 0 saturated carbocycles. The summed E-state index contributed by atoms with van der Waals surface area (Å²) in [5, 5.41) is 16.0. The van der Waals surface area contributed by atoms with Crippen LogP contribution < -0.4 is 10.6 Å². The molecule has 3 heterocycles. The van der Waals surface area contributed by atoms with Gasteiger partial charge in [0.25, 0.3) is 0 Å². The van der Waals surface area contributed by atoms with Crippen molar-refractivity contribution in [3.8, 4) is 11.3 Å². The number of amides is 1. The van der Waals surface area contributed by atoms with Crippen LogP contribution in [0, 0.1) is 6.92 Å². The maximum atomic E-state index is 12.8. The maximum absolute atomic E-state index is 12.8. The van der Waals surface area contributed by atoms with E-state index >= 15 is 0 Å². The van der Waals surface area contributed by atoms with E-state index in [0.717, 1.165) is 22.5 Å². The van der Waals surface area contributed by atoms with Gasteiger partial charge in [-0.05, 0) is 67.2 Å². The van der Waals surface area contributed by atoms with Crippen molar-refractivity contribution < 1.29 is 19.1 Å². The summed E-state index contributed by atoms with van der Waals surface area (Å²) in [5.41, 5.74) is 3.54. The van der Waals surface area contributed by atoms with Gasteiger partial charge in [-0.3, -0.25) is 9.78 Å². The predicted molar refractivity (Wildman–Crippen MR) is 148 cm³/mol. The Balaban J connectivity index is 1.40. The summed E-state index contributed by atoms with van der Waals surface area (Å²) < 4.78 is 6.29. The maximum Gasteiger partial charge on any atom is 0.335 e. The summed E-state index contributed by atoms with van der Waals surface area (Å²) in [6, 6.07) is 23.0. The molecular weight excluding hydrogens is 500 g/mol. The third-order valence-electron chi connectivity index (χ3n) is 6.53. The number of aryl methyl sites for hydroxylation is 1. The van der Waals surface area contributed by atoms with Gasteiger partial charge in [0.1, 0.15) is 17.6 Å². The van der Waals surface area contributed by atoms with E-state index in [-0.39, 0.29) is 30.0 Å². The first-order valence-electron chi connectivity index (χ1n) is 12.2. The Bertz CT molecular complexity index is 1470. The molecule has 1 fully saturated rings. The number of benzene rings is 2. The summed E-state index contributed by atoms with van der Waals surface area (Å²) in [6.45, 7) is 2.33. The number of pyridine rings is 1. The molecule has 0 unspecified atom stereocenters. The quantitative estimate of drug-likeness (QED) is 0.264. The van der Waals surface area contributed by atoms with Crippen LogP contribution in [0.2, 0.25) is 0 Å². The fourth-order valence-electron chi connectivity index (χ4n) is 4.55. The minimum Gasteiger partial charge on any atom is -0.478 e. The molecule has 0 aliphatic carbocycles. The van der Waals surface area contributed by atoms with Gasteiger partial charge >= 0.3 is 5.97 Å². The molecule has 0 spiro atoms. The smallest absolute Gasteiger partial charge is 0.335 e. The number of hydrogen-bond donors (Lipinski definition) is 3. The minimum absolute atomic E-state index is 0.110. The minimum atomic E-state index is -0.984. The second kappa shape index (κ2) is 10.9.